The standard InChI is InChI=1S/C18H18ClN3O3S/c1-3-22(11-16-20-17(21-25-16)15-9-6-10-26-15)18(23)12(2)24-14-8-5-4-7-13(14)19/h4-10,12H,3,11H2,1-2H3. The molecule has 0 aliphatic rings. The van der Waals surface area contributed by atoms with Gasteiger partial charge in [0.15, 0.2) is 6.10 Å². The highest BCUT2D eigenvalue weighted by Gasteiger charge is 2.24. The highest BCUT2D eigenvalue weighted by molar-refractivity contribution is 7.13. The summed E-state index contributed by atoms with van der Waals surface area (Å²) in [6, 6.07) is 10.9. The van der Waals surface area contributed by atoms with E-state index in [1.807, 2.05) is 24.4 Å². The van der Waals surface area contributed by atoms with Crippen LogP contribution in [-0.4, -0.2) is 33.6 Å². The van der Waals surface area contributed by atoms with Crippen molar-refractivity contribution < 1.29 is 14.1 Å². The number of carbonyl (C=O) groups is 1. The van der Waals surface area contributed by atoms with Crippen LogP contribution in [-0.2, 0) is 11.3 Å². The molecule has 2 heterocycles. The van der Waals surface area contributed by atoms with Crippen LogP contribution in [0.2, 0.25) is 5.02 Å². The predicted molar refractivity (Wildman–Crippen MR) is 100 cm³/mol. The van der Waals surface area contributed by atoms with Crippen molar-refractivity contribution in [1.82, 2.24) is 15.0 Å². The van der Waals surface area contributed by atoms with Crippen LogP contribution in [0.1, 0.15) is 19.7 Å². The van der Waals surface area contributed by atoms with E-state index in [-0.39, 0.29) is 12.5 Å². The van der Waals surface area contributed by atoms with E-state index in [0.29, 0.717) is 29.0 Å². The Morgan fingerprint density at radius 3 is 2.85 bits per heavy atom. The van der Waals surface area contributed by atoms with Crippen LogP contribution >= 0.6 is 22.9 Å². The molecule has 0 fully saturated rings. The lowest BCUT2D eigenvalue weighted by Gasteiger charge is -2.23. The van der Waals surface area contributed by atoms with Gasteiger partial charge in [0.1, 0.15) is 12.3 Å². The van der Waals surface area contributed by atoms with Crippen molar-refractivity contribution in [3.63, 3.8) is 0 Å². The van der Waals surface area contributed by atoms with E-state index >= 15 is 0 Å². The number of rotatable bonds is 7. The summed E-state index contributed by atoms with van der Waals surface area (Å²) in [5, 5.41) is 6.38. The highest BCUT2D eigenvalue weighted by atomic mass is 35.5. The average Bonchev–Trinajstić information content (AvgIpc) is 3.32. The summed E-state index contributed by atoms with van der Waals surface area (Å²) < 4.78 is 11.0. The molecule has 0 N–H and O–H groups in total. The number of aromatic nitrogens is 2. The number of halogens is 1. The van der Waals surface area contributed by atoms with Gasteiger partial charge in [-0.05, 0) is 37.4 Å². The molecule has 3 rings (SSSR count). The minimum Gasteiger partial charge on any atom is -0.479 e. The minimum absolute atomic E-state index is 0.178. The molecule has 0 aliphatic carbocycles. The van der Waals surface area contributed by atoms with Crippen molar-refractivity contribution >= 4 is 28.8 Å². The molecule has 1 unspecified atom stereocenters. The van der Waals surface area contributed by atoms with Crippen molar-refractivity contribution in [2.45, 2.75) is 26.5 Å². The first kappa shape index (κ1) is 18.4. The molecule has 0 saturated heterocycles. The smallest absolute Gasteiger partial charge is 0.263 e. The number of thiophene rings is 1. The molecule has 1 amide bonds. The molecule has 3 aromatic rings. The zero-order valence-corrected chi connectivity index (χ0v) is 16.0. The van der Waals surface area contributed by atoms with Crippen LogP contribution in [0.3, 0.4) is 0 Å². The fourth-order valence-corrected chi connectivity index (χ4v) is 3.20. The summed E-state index contributed by atoms with van der Waals surface area (Å²) in [6.45, 7) is 4.30. The fraction of sp³-hybridized carbons (Fsp3) is 0.278. The second kappa shape index (κ2) is 8.33. The van der Waals surface area contributed by atoms with Gasteiger partial charge in [-0.1, -0.05) is 35.0 Å². The Hall–Kier alpha value is -2.38. The van der Waals surface area contributed by atoms with E-state index in [1.165, 1.54) is 11.3 Å². The summed E-state index contributed by atoms with van der Waals surface area (Å²) >= 11 is 7.62. The molecule has 136 valence electrons. The molecule has 0 aliphatic heterocycles. The summed E-state index contributed by atoms with van der Waals surface area (Å²) in [5.41, 5.74) is 0. The Kier molecular flexibility index (Phi) is 5.90. The fourth-order valence-electron chi connectivity index (χ4n) is 2.37. The maximum Gasteiger partial charge on any atom is 0.263 e. The third kappa shape index (κ3) is 4.23. The van der Waals surface area contributed by atoms with Gasteiger partial charge in [-0.15, -0.1) is 11.3 Å². The Bertz CT molecular complexity index is 866. The maximum atomic E-state index is 12.7. The Morgan fingerprint density at radius 1 is 1.35 bits per heavy atom. The lowest BCUT2D eigenvalue weighted by Crippen LogP contribution is -2.40. The van der Waals surface area contributed by atoms with E-state index in [2.05, 4.69) is 10.1 Å². The maximum absolute atomic E-state index is 12.7. The second-order valence-corrected chi connectivity index (χ2v) is 6.89. The molecule has 1 aromatic carbocycles. The highest BCUT2D eigenvalue weighted by Crippen LogP contribution is 2.25. The van der Waals surface area contributed by atoms with Crippen molar-refractivity contribution in [3.8, 4) is 16.5 Å². The molecular formula is C18H18ClN3O3S. The summed E-state index contributed by atoms with van der Waals surface area (Å²) in [5.74, 6) is 1.21. The lowest BCUT2D eigenvalue weighted by molar-refractivity contribution is -0.138. The topological polar surface area (TPSA) is 68.5 Å². The summed E-state index contributed by atoms with van der Waals surface area (Å²) in [6.07, 6.45) is -0.686. The Balaban J connectivity index is 1.66. The van der Waals surface area contributed by atoms with Gasteiger partial charge in [0.05, 0.1) is 9.90 Å². The second-order valence-electron chi connectivity index (χ2n) is 5.53. The summed E-state index contributed by atoms with van der Waals surface area (Å²) in [7, 11) is 0. The third-order valence-electron chi connectivity index (χ3n) is 3.72. The molecular weight excluding hydrogens is 374 g/mol. The number of ether oxygens (including phenoxy) is 1. The lowest BCUT2D eigenvalue weighted by atomic mass is 10.3. The first-order valence-electron chi connectivity index (χ1n) is 8.15. The zero-order chi connectivity index (χ0) is 18.5. The van der Waals surface area contributed by atoms with Crippen LogP contribution < -0.4 is 4.74 Å². The molecule has 0 radical (unpaired) electrons. The van der Waals surface area contributed by atoms with E-state index < -0.39 is 6.10 Å². The van der Waals surface area contributed by atoms with Crippen LogP contribution in [0, 0.1) is 0 Å². The number of carbonyl (C=O) groups excluding carboxylic acids is 1. The molecule has 26 heavy (non-hydrogen) atoms. The molecule has 0 bridgehead atoms. The van der Waals surface area contributed by atoms with Gasteiger partial charge in [-0.2, -0.15) is 4.98 Å². The van der Waals surface area contributed by atoms with Crippen molar-refractivity contribution in [1.29, 1.82) is 0 Å². The number of nitrogens with zero attached hydrogens (tertiary/aromatic N) is 3. The van der Waals surface area contributed by atoms with E-state index in [1.54, 1.807) is 36.1 Å². The predicted octanol–water partition coefficient (Wildman–Crippen LogP) is 4.27. The van der Waals surface area contributed by atoms with Gasteiger partial charge in [0.25, 0.3) is 5.91 Å². The number of hydrogen-bond donors (Lipinski definition) is 0. The Labute approximate surface area is 160 Å². The van der Waals surface area contributed by atoms with Gasteiger partial charge < -0.3 is 14.2 Å². The minimum atomic E-state index is -0.686. The molecule has 8 heteroatoms. The van der Waals surface area contributed by atoms with Crippen LogP contribution in [0.25, 0.3) is 10.7 Å². The van der Waals surface area contributed by atoms with Gasteiger partial charge >= 0.3 is 0 Å². The first-order valence-corrected chi connectivity index (χ1v) is 9.40. The van der Waals surface area contributed by atoms with Gasteiger partial charge in [-0.25, -0.2) is 0 Å². The molecule has 6 nitrogen and oxygen atoms in total. The number of likely N-dealkylation sites (N-methyl/N-ethyl adjacent to an activating group) is 1. The summed E-state index contributed by atoms with van der Waals surface area (Å²) in [4.78, 5) is 19.6. The van der Waals surface area contributed by atoms with Crippen LogP contribution in [0.15, 0.2) is 46.3 Å². The van der Waals surface area contributed by atoms with E-state index in [0.717, 1.165) is 4.88 Å². The monoisotopic (exact) mass is 391 g/mol. The SMILES string of the molecule is CCN(Cc1nc(-c2cccs2)no1)C(=O)C(C)Oc1ccccc1Cl. The number of para-hydroxylation sites is 1. The normalized spacial score (nSPS) is 12.0. The Morgan fingerprint density at radius 2 is 2.15 bits per heavy atom. The van der Waals surface area contributed by atoms with Crippen molar-refractivity contribution in [2.75, 3.05) is 6.54 Å². The number of amides is 1. The zero-order valence-electron chi connectivity index (χ0n) is 14.4. The van der Waals surface area contributed by atoms with E-state index in [4.69, 9.17) is 20.9 Å². The third-order valence-corrected chi connectivity index (χ3v) is 4.90. The first-order chi connectivity index (χ1) is 12.6. The quantitative estimate of drug-likeness (QED) is 0.601. The van der Waals surface area contributed by atoms with Crippen LogP contribution in [0.5, 0.6) is 5.75 Å². The molecule has 1 atom stereocenters. The molecule has 2 aromatic heterocycles. The van der Waals surface area contributed by atoms with Crippen LogP contribution in [0.4, 0.5) is 0 Å². The van der Waals surface area contributed by atoms with E-state index in [9.17, 15) is 4.79 Å². The van der Waals surface area contributed by atoms with Crippen molar-refractivity contribution in [2.24, 2.45) is 0 Å². The van der Waals surface area contributed by atoms with Gasteiger partial charge in [-0.3, -0.25) is 4.79 Å². The number of benzene rings is 1. The molecule has 0 spiro atoms. The van der Waals surface area contributed by atoms with Gasteiger partial charge in [0.2, 0.25) is 11.7 Å². The molecule has 0 saturated carbocycles. The largest absolute Gasteiger partial charge is 0.479 e. The number of hydrogen-bond acceptors (Lipinski definition) is 6. The average molecular weight is 392 g/mol. The van der Waals surface area contributed by atoms with Crippen molar-refractivity contribution in [3.05, 3.63) is 52.7 Å². The van der Waals surface area contributed by atoms with Gasteiger partial charge in [0, 0.05) is 6.54 Å².